The molecule has 1 unspecified atom stereocenters. The molecule has 2 aliphatic rings. The van der Waals surface area contributed by atoms with Crippen LogP contribution in [0.5, 0.6) is 5.75 Å². The summed E-state index contributed by atoms with van der Waals surface area (Å²) in [5.74, 6) is 0.896. The second-order valence-corrected chi connectivity index (χ2v) is 6.96. The van der Waals surface area contributed by atoms with Gasteiger partial charge in [-0.15, -0.1) is 0 Å². The third-order valence-electron chi connectivity index (χ3n) is 4.19. The molecule has 2 aromatic carbocycles. The van der Waals surface area contributed by atoms with Crippen LogP contribution in [-0.4, -0.2) is 35.9 Å². The predicted octanol–water partition coefficient (Wildman–Crippen LogP) is 2.37. The van der Waals surface area contributed by atoms with Crippen molar-refractivity contribution in [1.82, 2.24) is 5.32 Å². The fourth-order valence-electron chi connectivity index (χ4n) is 2.92. The van der Waals surface area contributed by atoms with Crippen molar-refractivity contribution < 1.29 is 14.3 Å². The zero-order chi connectivity index (χ0) is 17.9. The lowest BCUT2D eigenvalue weighted by Gasteiger charge is -2.28. The van der Waals surface area contributed by atoms with Crippen LogP contribution in [0.4, 0.5) is 5.69 Å². The van der Waals surface area contributed by atoms with Crippen molar-refractivity contribution in [1.29, 1.82) is 0 Å². The van der Waals surface area contributed by atoms with Crippen LogP contribution in [0.25, 0.3) is 0 Å². The van der Waals surface area contributed by atoms with E-state index in [-0.39, 0.29) is 31.0 Å². The topological polar surface area (TPSA) is 71.0 Å². The Balaban J connectivity index is 1.43. The van der Waals surface area contributed by atoms with Crippen LogP contribution in [0, 0.1) is 0 Å². The van der Waals surface area contributed by atoms with Gasteiger partial charge < -0.3 is 10.1 Å². The molecule has 0 saturated heterocycles. The Morgan fingerprint density at radius 3 is 2.81 bits per heavy atom. The summed E-state index contributed by atoms with van der Waals surface area (Å²) in [6, 6.07) is 17.2. The molecule has 4 rings (SSSR count). The summed E-state index contributed by atoms with van der Waals surface area (Å²) in [5, 5.41) is 3.41. The highest BCUT2D eigenvalue weighted by Crippen LogP contribution is 2.32. The van der Waals surface area contributed by atoms with Gasteiger partial charge in [0.25, 0.3) is 5.91 Å². The van der Waals surface area contributed by atoms with E-state index in [1.165, 1.54) is 16.7 Å². The van der Waals surface area contributed by atoms with E-state index in [0.717, 1.165) is 11.3 Å². The van der Waals surface area contributed by atoms with Gasteiger partial charge in [-0.05, 0) is 17.7 Å². The minimum atomic E-state index is -0.269. The molecular weight excluding hydrogens is 350 g/mol. The normalized spacial score (nSPS) is 18.8. The van der Waals surface area contributed by atoms with Crippen LogP contribution >= 0.6 is 11.8 Å². The van der Waals surface area contributed by atoms with E-state index in [0.29, 0.717) is 16.6 Å². The number of hydrogen-bond acceptors (Lipinski definition) is 5. The van der Waals surface area contributed by atoms with Crippen LogP contribution < -0.4 is 15.0 Å². The molecule has 0 saturated carbocycles. The number of benzene rings is 2. The molecule has 0 aliphatic carbocycles. The maximum atomic E-state index is 12.4. The van der Waals surface area contributed by atoms with E-state index in [1.807, 2.05) is 42.5 Å². The zero-order valence-corrected chi connectivity index (χ0v) is 14.7. The Labute approximate surface area is 155 Å². The smallest absolute Gasteiger partial charge is 0.265 e. The molecule has 0 bridgehead atoms. The number of fused-ring (bicyclic) bond motifs is 1. The largest absolute Gasteiger partial charge is 0.482 e. The minimum Gasteiger partial charge on any atom is -0.482 e. The molecule has 7 heteroatoms. The fourth-order valence-corrected chi connectivity index (χ4v) is 3.89. The van der Waals surface area contributed by atoms with Gasteiger partial charge in [-0.25, -0.2) is 0 Å². The standard InChI is InChI=1S/C19H17N3O3S/c23-17(10-22-15-8-4-5-9-16(15)25-11-18(22)24)21-19-20-14(12-26-19)13-6-2-1-3-7-13/h1-9,14H,10-12H2,(H,20,21,23). The molecular formula is C19H17N3O3S. The average Bonchev–Trinajstić information content (AvgIpc) is 3.13. The molecule has 132 valence electrons. The first-order chi connectivity index (χ1) is 12.7. The maximum absolute atomic E-state index is 12.4. The number of ether oxygens (including phenoxy) is 1. The van der Waals surface area contributed by atoms with E-state index >= 15 is 0 Å². The summed E-state index contributed by atoms with van der Waals surface area (Å²) in [7, 11) is 0. The van der Waals surface area contributed by atoms with E-state index in [9.17, 15) is 9.59 Å². The van der Waals surface area contributed by atoms with Crippen LogP contribution in [0.2, 0.25) is 0 Å². The molecule has 0 aromatic heterocycles. The Morgan fingerprint density at radius 2 is 1.96 bits per heavy atom. The molecule has 2 aliphatic heterocycles. The highest BCUT2D eigenvalue weighted by atomic mass is 32.2. The SMILES string of the molecule is O=C(CN1C(=O)COc2ccccc21)NC1=NC(c2ccccc2)CS1. The van der Waals surface area contributed by atoms with E-state index < -0.39 is 0 Å². The number of nitrogens with zero attached hydrogens (tertiary/aromatic N) is 2. The minimum absolute atomic E-state index is 0.0437. The second-order valence-electron chi connectivity index (χ2n) is 5.96. The van der Waals surface area contributed by atoms with E-state index in [2.05, 4.69) is 10.3 Å². The summed E-state index contributed by atoms with van der Waals surface area (Å²) in [4.78, 5) is 30.6. The molecule has 2 heterocycles. The lowest BCUT2D eigenvalue weighted by Crippen LogP contribution is -2.45. The van der Waals surface area contributed by atoms with Gasteiger partial charge in [0, 0.05) is 5.75 Å². The average molecular weight is 367 g/mol. The van der Waals surface area contributed by atoms with Crippen molar-refractivity contribution in [2.24, 2.45) is 4.99 Å². The molecule has 6 nitrogen and oxygen atoms in total. The first-order valence-electron chi connectivity index (χ1n) is 8.28. The summed E-state index contributed by atoms with van der Waals surface area (Å²) < 4.78 is 5.39. The van der Waals surface area contributed by atoms with Crippen LogP contribution in [0.1, 0.15) is 11.6 Å². The van der Waals surface area contributed by atoms with Gasteiger partial charge >= 0.3 is 0 Å². The first-order valence-corrected chi connectivity index (χ1v) is 9.27. The van der Waals surface area contributed by atoms with Crippen molar-refractivity contribution in [3.8, 4) is 5.75 Å². The Morgan fingerprint density at radius 1 is 1.19 bits per heavy atom. The van der Waals surface area contributed by atoms with Crippen LogP contribution in [0.3, 0.4) is 0 Å². The molecule has 0 radical (unpaired) electrons. The van der Waals surface area contributed by atoms with Crippen LogP contribution in [-0.2, 0) is 9.59 Å². The highest BCUT2D eigenvalue weighted by Gasteiger charge is 2.28. The number of carbonyl (C=O) groups excluding carboxylic acids is 2. The highest BCUT2D eigenvalue weighted by molar-refractivity contribution is 8.14. The summed E-state index contributed by atoms with van der Waals surface area (Å²) in [5.41, 5.74) is 1.74. The summed E-state index contributed by atoms with van der Waals surface area (Å²) >= 11 is 1.51. The van der Waals surface area contributed by atoms with Gasteiger partial charge in [0.05, 0.1) is 11.7 Å². The number of aliphatic imine (C=N–C) groups is 1. The molecule has 1 atom stereocenters. The van der Waals surface area contributed by atoms with Crippen LogP contribution in [0.15, 0.2) is 59.6 Å². The molecule has 2 aromatic rings. The van der Waals surface area contributed by atoms with Crippen molar-refractivity contribution in [3.63, 3.8) is 0 Å². The van der Waals surface area contributed by atoms with E-state index in [1.54, 1.807) is 12.1 Å². The zero-order valence-electron chi connectivity index (χ0n) is 13.9. The van der Waals surface area contributed by atoms with Gasteiger partial charge in [-0.3, -0.25) is 19.5 Å². The molecule has 0 fully saturated rings. The lowest BCUT2D eigenvalue weighted by atomic mass is 10.1. The van der Waals surface area contributed by atoms with Crippen molar-refractivity contribution in [3.05, 3.63) is 60.2 Å². The number of amides is 2. The number of anilines is 1. The maximum Gasteiger partial charge on any atom is 0.265 e. The van der Waals surface area contributed by atoms with Gasteiger partial charge in [0.1, 0.15) is 12.3 Å². The monoisotopic (exact) mass is 367 g/mol. The molecule has 2 amide bonds. The predicted molar refractivity (Wildman–Crippen MR) is 102 cm³/mol. The molecule has 0 spiro atoms. The number of rotatable bonds is 3. The fraction of sp³-hybridized carbons (Fsp3) is 0.211. The Bertz CT molecular complexity index is 869. The Hall–Kier alpha value is -2.80. The van der Waals surface area contributed by atoms with Crippen molar-refractivity contribution in [2.45, 2.75) is 6.04 Å². The van der Waals surface area contributed by atoms with Crippen molar-refractivity contribution >= 4 is 34.4 Å². The van der Waals surface area contributed by atoms with Gasteiger partial charge in [-0.1, -0.05) is 54.2 Å². The quantitative estimate of drug-likeness (QED) is 0.904. The number of amidine groups is 1. The van der Waals surface area contributed by atoms with Gasteiger partial charge in [0.15, 0.2) is 11.8 Å². The third-order valence-corrected chi connectivity index (χ3v) is 5.15. The molecule has 1 N–H and O–H groups in total. The molecule has 26 heavy (non-hydrogen) atoms. The van der Waals surface area contributed by atoms with Crippen molar-refractivity contribution in [2.75, 3.05) is 23.8 Å². The summed E-state index contributed by atoms with van der Waals surface area (Å²) in [6.07, 6.45) is 0. The number of carbonyl (C=O) groups is 2. The lowest BCUT2D eigenvalue weighted by molar-refractivity contribution is -0.124. The third kappa shape index (κ3) is 3.43. The first kappa shape index (κ1) is 16.7. The number of hydrogen-bond donors (Lipinski definition) is 1. The Kier molecular flexibility index (Phi) is 4.62. The van der Waals surface area contributed by atoms with E-state index in [4.69, 9.17) is 4.74 Å². The summed E-state index contributed by atoms with van der Waals surface area (Å²) in [6.45, 7) is -0.120. The van der Waals surface area contributed by atoms with Gasteiger partial charge in [-0.2, -0.15) is 0 Å². The number of thioether (sulfide) groups is 1. The number of para-hydroxylation sites is 2. The van der Waals surface area contributed by atoms with Gasteiger partial charge in [0.2, 0.25) is 5.91 Å². The number of nitrogens with one attached hydrogen (secondary N) is 1. The second kappa shape index (κ2) is 7.21.